The first kappa shape index (κ1) is 22.0. The molecule has 6 rings (SSSR count). The third kappa shape index (κ3) is 3.36. The Morgan fingerprint density at radius 3 is 2.44 bits per heavy atom. The van der Waals surface area contributed by atoms with Gasteiger partial charge in [0.05, 0.1) is 22.1 Å². The Balaban J connectivity index is 1.62. The zero-order chi connectivity index (χ0) is 25.0. The molecule has 0 atom stereocenters. The van der Waals surface area contributed by atoms with Gasteiger partial charge in [0, 0.05) is 22.7 Å². The number of para-hydroxylation sites is 3. The lowest BCUT2D eigenvalue weighted by atomic mass is 10.1. The maximum absolute atomic E-state index is 13.9. The van der Waals surface area contributed by atoms with Gasteiger partial charge in [-0.2, -0.15) is 9.78 Å². The van der Waals surface area contributed by atoms with Crippen LogP contribution in [0.25, 0.3) is 33.1 Å². The average Bonchev–Trinajstić information content (AvgIpc) is 3.40. The van der Waals surface area contributed by atoms with Crippen molar-refractivity contribution < 1.29 is 8.42 Å². The molecule has 8 nitrogen and oxygen atoms in total. The molecular formula is C27H22N6O2S. The van der Waals surface area contributed by atoms with Gasteiger partial charge in [-0.05, 0) is 55.3 Å². The van der Waals surface area contributed by atoms with Crippen LogP contribution in [0.5, 0.6) is 0 Å². The van der Waals surface area contributed by atoms with Crippen LogP contribution < -0.4 is 5.73 Å². The van der Waals surface area contributed by atoms with E-state index in [1.165, 1.54) is 4.68 Å². The lowest BCUT2D eigenvalue weighted by Crippen LogP contribution is -2.07. The monoisotopic (exact) mass is 494 g/mol. The highest BCUT2D eigenvalue weighted by molar-refractivity contribution is 7.92. The standard InChI is InChI=1S/C27H22N6O2S/c1-16-11-12-19(13-17(16)2)36(34,35)25-24-27(32-23-10-6-5-9-22(23)31-24)33(26(25)28)30-15-18-14-29-21-8-4-3-7-20(18)21/h3-15,29H,28H2,1-2H3/b30-15-. The zero-order valence-electron chi connectivity index (χ0n) is 19.6. The first-order chi connectivity index (χ1) is 17.3. The minimum atomic E-state index is -4.02. The highest BCUT2D eigenvalue weighted by Gasteiger charge is 2.30. The molecule has 0 aliphatic heterocycles. The number of hydrogen-bond donors (Lipinski definition) is 2. The molecule has 9 heteroatoms. The van der Waals surface area contributed by atoms with Crippen molar-refractivity contribution in [3.63, 3.8) is 0 Å². The Morgan fingerprint density at radius 2 is 1.67 bits per heavy atom. The molecule has 0 saturated heterocycles. The number of sulfone groups is 1. The molecule has 0 radical (unpaired) electrons. The predicted octanol–water partition coefficient (Wildman–Crippen LogP) is 4.98. The molecule has 0 fully saturated rings. The van der Waals surface area contributed by atoms with Crippen molar-refractivity contribution >= 4 is 55.0 Å². The van der Waals surface area contributed by atoms with Gasteiger partial charge in [0.25, 0.3) is 0 Å². The summed E-state index contributed by atoms with van der Waals surface area (Å²) < 4.78 is 29.1. The van der Waals surface area contributed by atoms with Gasteiger partial charge in [-0.25, -0.2) is 18.4 Å². The molecule has 0 saturated carbocycles. The summed E-state index contributed by atoms with van der Waals surface area (Å²) in [6.07, 6.45) is 3.47. The van der Waals surface area contributed by atoms with Gasteiger partial charge >= 0.3 is 0 Å². The maximum atomic E-state index is 13.9. The lowest BCUT2D eigenvalue weighted by molar-refractivity contribution is 0.597. The number of rotatable bonds is 4. The molecule has 3 N–H and O–H groups in total. The second-order valence-corrected chi connectivity index (χ2v) is 10.6. The summed E-state index contributed by atoms with van der Waals surface area (Å²) in [4.78, 5) is 12.6. The SMILES string of the molecule is Cc1ccc(S(=O)(=O)c2c(N)n(/N=C\c3c[nH]c4ccccc34)c3nc4ccccc4nc23)cc1C. The quantitative estimate of drug-likeness (QED) is 0.335. The van der Waals surface area contributed by atoms with Gasteiger partial charge in [0.1, 0.15) is 16.2 Å². The average molecular weight is 495 g/mol. The number of fused-ring (bicyclic) bond motifs is 3. The topological polar surface area (TPSA) is 119 Å². The highest BCUT2D eigenvalue weighted by Crippen LogP contribution is 2.35. The molecule has 0 amide bonds. The molecule has 36 heavy (non-hydrogen) atoms. The van der Waals surface area contributed by atoms with E-state index in [-0.39, 0.29) is 26.8 Å². The van der Waals surface area contributed by atoms with Crippen LogP contribution in [0.4, 0.5) is 5.82 Å². The number of aromatic amines is 1. The minimum absolute atomic E-state index is 0.0466. The summed E-state index contributed by atoms with van der Waals surface area (Å²) >= 11 is 0. The van der Waals surface area contributed by atoms with Gasteiger partial charge in [-0.3, -0.25) is 0 Å². The van der Waals surface area contributed by atoms with Crippen molar-refractivity contribution in [2.45, 2.75) is 23.6 Å². The molecule has 0 bridgehead atoms. The number of H-pyrrole nitrogens is 1. The predicted molar refractivity (Wildman–Crippen MR) is 142 cm³/mol. The van der Waals surface area contributed by atoms with Crippen molar-refractivity contribution in [2.75, 3.05) is 5.73 Å². The summed E-state index contributed by atoms with van der Waals surface area (Å²) in [7, 11) is -4.02. The van der Waals surface area contributed by atoms with Crippen LogP contribution in [0.3, 0.4) is 0 Å². The molecule has 178 valence electrons. The van der Waals surface area contributed by atoms with Gasteiger partial charge < -0.3 is 10.7 Å². The molecule has 0 unspecified atom stereocenters. The number of hydrogen-bond acceptors (Lipinski definition) is 6. The summed E-state index contributed by atoms with van der Waals surface area (Å²) in [6.45, 7) is 3.81. The molecule has 0 spiro atoms. The molecule has 3 aromatic carbocycles. The summed E-state index contributed by atoms with van der Waals surface area (Å²) in [6, 6.07) is 20.1. The number of nitrogens with zero attached hydrogens (tertiary/aromatic N) is 4. The van der Waals surface area contributed by atoms with E-state index in [0.717, 1.165) is 27.6 Å². The van der Waals surface area contributed by atoms with Gasteiger partial charge in [-0.1, -0.05) is 36.4 Å². The number of anilines is 1. The first-order valence-electron chi connectivity index (χ1n) is 11.3. The fraction of sp³-hybridized carbons (Fsp3) is 0.0741. The van der Waals surface area contributed by atoms with Crippen molar-refractivity contribution in [2.24, 2.45) is 5.10 Å². The number of nitrogen functional groups attached to an aromatic ring is 1. The summed E-state index contributed by atoms with van der Waals surface area (Å²) in [5, 5.41) is 5.55. The van der Waals surface area contributed by atoms with Crippen LogP contribution in [0.2, 0.25) is 0 Å². The number of nitrogens with two attached hydrogens (primary N) is 1. The van der Waals surface area contributed by atoms with Crippen LogP contribution in [-0.2, 0) is 9.84 Å². The van der Waals surface area contributed by atoms with E-state index in [1.807, 2.05) is 62.5 Å². The molecule has 0 aliphatic rings. The number of aromatic nitrogens is 4. The lowest BCUT2D eigenvalue weighted by Gasteiger charge is -2.07. The van der Waals surface area contributed by atoms with Crippen molar-refractivity contribution in [3.8, 4) is 0 Å². The number of benzene rings is 3. The minimum Gasteiger partial charge on any atom is -0.382 e. The third-order valence-electron chi connectivity index (χ3n) is 6.42. The van der Waals surface area contributed by atoms with Gasteiger partial charge in [0.15, 0.2) is 5.65 Å². The maximum Gasteiger partial charge on any atom is 0.212 e. The van der Waals surface area contributed by atoms with Crippen LogP contribution >= 0.6 is 0 Å². The Kier molecular flexibility index (Phi) is 4.90. The molecule has 3 heterocycles. The second-order valence-electron chi connectivity index (χ2n) is 8.69. The van der Waals surface area contributed by atoms with Crippen LogP contribution in [0.15, 0.2) is 87.8 Å². The summed E-state index contributed by atoms with van der Waals surface area (Å²) in [5.41, 5.74) is 11.8. The van der Waals surface area contributed by atoms with E-state index in [0.29, 0.717) is 11.0 Å². The van der Waals surface area contributed by atoms with E-state index in [1.54, 1.807) is 30.5 Å². The Bertz CT molecular complexity index is 1950. The molecular weight excluding hydrogens is 472 g/mol. The van der Waals surface area contributed by atoms with Crippen LogP contribution in [-0.4, -0.2) is 34.3 Å². The fourth-order valence-electron chi connectivity index (χ4n) is 4.32. The van der Waals surface area contributed by atoms with Crippen molar-refractivity contribution in [1.29, 1.82) is 0 Å². The van der Waals surface area contributed by atoms with Gasteiger partial charge in [0.2, 0.25) is 9.84 Å². The molecule has 3 aromatic heterocycles. The second kappa shape index (κ2) is 8.03. The van der Waals surface area contributed by atoms with Crippen molar-refractivity contribution in [1.82, 2.24) is 19.6 Å². The smallest absolute Gasteiger partial charge is 0.212 e. The number of nitrogens with one attached hydrogen (secondary N) is 1. The normalized spacial score (nSPS) is 12.4. The zero-order valence-corrected chi connectivity index (χ0v) is 20.4. The van der Waals surface area contributed by atoms with Gasteiger partial charge in [-0.15, -0.1) is 0 Å². The molecule has 0 aliphatic carbocycles. The van der Waals surface area contributed by atoms with E-state index < -0.39 is 9.84 Å². The van der Waals surface area contributed by atoms with E-state index in [4.69, 9.17) is 10.7 Å². The number of aryl methyl sites for hydroxylation is 2. The first-order valence-corrected chi connectivity index (χ1v) is 12.8. The van der Waals surface area contributed by atoms with E-state index in [9.17, 15) is 8.42 Å². The Hall–Kier alpha value is -4.50. The highest BCUT2D eigenvalue weighted by atomic mass is 32.2. The van der Waals surface area contributed by atoms with Crippen molar-refractivity contribution in [3.05, 3.63) is 89.6 Å². The largest absolute Gasteiger partial charge is 0.382 e. The summed E-state index contributed by atoms with van der Waals surface area (Å²) in [5.74, 6) is -0.0466. The van der Waals surface area contributed by atoms with E-state index >= 15 is 0 Å². The Labute approximate surface area is 207 Å². The van der Waals surface area contributed by atoms with Crippen LogP contribution in [0, 0.1) is 13.8 Å². The third-order valence-corrected chi connectivity index (χ3v) is 8.23. The van der Waals surface area contributed by atoms with Crippen LogP contribution in [0.1, 0.15) is 16.7 Å². The fourth-order valence-corrected chi connectivity index (χ4v) is 5.89. The molecule has 6 aromatic rings. The van der Waals surface area contributed by atoms with E-state index in [2.05, 4.69) is 15.1 Å². The Morgan fingerprint density at radius 1 is 0.944 bits per heavy atom.